The molecule has 1 aromatic heterocycles. The summed E-state index contributed by atoms with van der Waals surface area (Å²) < 4.78 is 0.963. The van der Waals surface area contributed by atoms with Crippen LogP contribution in [0.5, 0.6) is 0 Å². The summed E-state index contributed by atoms with van der Waals surface area (Å²) in [7, 11) is 0. The van der Waals surface area contributed by atoms with Crippen LogP contribution >= 0.6 is 27.3 Å². The Kier molecular flexibility index (Phi) is 5.19. The number of hydrogen-bond donors (Lipinski definition) is 0. The van der Waals surface area contributed by atoms with E-state index < -0.39 is 0 Å². The smallest absolute Gasteiger partial charge is 0.203 e. The van der Waals surface area contributed by atoms with Crippen molar-refractivity contribution < 1.29 is 4.79 Å². The average molecular weight is 434 g/mol. The number of ketones is 1. The van der Waals surface area contributed by atoms with Crippen molar-refractivity contribution in [1.82, 2.24) is 0 Å². The molecule has 4 rings (SSSR count). The number of carbonyl (C=O) groups excluding carboxylic acids is 1. The van der Waals surface area contributed by atoms with Crippen LogP contribution in [0.15, 0.2) is 102 Å². The highest BCUT2D eigenvalue weighted by molar-refractivity contribution is 9.10. The van der Waals surface area contributed by atoms with Crippen LogP contribution in [0.3, 0.4) is 0 Å². The van der Waals surface area contributed by atoms with Gasteiger partial charge in [-0.15, -0.1) is 11.3 Å². The molecule has 27 heavy (non-hydrogen) atoms. The first-order chi connectivity index (χ1) is 13.2. The van der Waals surface area contributed by atoms with Crippen molar-refractivity contribution in [2.75, 3.05) is 4.90 Å². The van der Waals surface area contributed by atoms with Crippen LogP contribution in [0.1, 0.15) is 15.2 Å². The molecule has 1 heterocycles. The van der Waals surface area contributed by atoms with E-state index in [2.05, 4.69) is 45.1 Å². The maximum atomic E-state index is 12.8. The van der Waals surface area contributed by atoms with Gasteiger partial charge in [-0.2, -0.15) is 0 Å². The fourth-order valence-electron chi connectivity index (χ4n) is 2.87. The first kappa shape index (κ1) is 17.7. The third-order valence-corrected chi connectivity index (χ3v) is 5.77. The largest absolute Gasteiger partial charge is 0.302 e. The van der Waals surface area contributed by atoms with Gasteiger partial charge >= 0.3 is 0 Å². The molecule has 0 spiro atoms. The molecule has 0 saturated carbocycles. The van der Waals surface area contributed by atoms with Crippen LogP contribution in [0.25, 0.3) is 0 Å². The van der Waals surface area contributed by atoms with Crippen molar-refractivity contribution in [3.63, 3.8) is 0 Å². The summed E-state index contributed by atoms with van der Waals surface area (Å²) in [6.45, 7) is 0. The minimum Gasteiger partial charge on any atom is -0.302 e. The summed E-state index contributed by atoms with van der Waals surface area (Å²) in [5.41, 5.74) is 2.82. The lowest BCUT2D eigenvalue weighted by Crippen LogP contribution is -2.07. The number of rotatable bonds is 5. The van der Waals surface area contributed by atoms with Gasteiger partial charge in [0.25, 0.3) is 0 Å². The molecule has 0 aliphatic rings. The van der Waals surface area contributed by atoms with Gasteiger partial charge in [-0.25, -0.2) is 0 Å². The summed E-state index contributed by atoms with van der Waals surface area (Å²) in [6.07, 6.45) is 0. The first-order valence-corrected chi connectivity index (χ1v) is 10.1. The van der Waals surface area contributed by atoms with Crippen LogP contribution in [-0.2, 0) is 0 Å². The SMILES string of the molecule is O=C(c1ccc(Br)cc1)c1ccc(N(c2ccccc2)c2ccccc2)s1. The normalized spacial score (nSPS) is 10.6. The second-order valence-corrected chi connectivity index (χ2v) is 7.96. The molecule has 2 nitrogen and oxygen atoms in total. The standard InChI is InChI=1S/C23H16BrNOS/c24-18-13-11-17(12-14-18)23(26)21-15-16-22(27-21)25(19-7-3-1-4-8-19)20-9-5-2-6-10-20/h1-16H. The van der Waals surface area contributed by atoms with Gasteiger partial charge in [-0.05, 0) is 60.7 Å². The Hall–Kier alpha value is -2.69. The van der Waals surface area contributed by atoms with E-state index in [1.165, 1.54) is 11.3 Å². The molecule has 4 aromatic rings. The molecule has 0 atom stereocenters. The Bertz CT molecular complexity index is 1000. The van der Waals surface area contributed by atoms with E-state index in [1.807, 2.05) is 72.8 Å². The van der Waals surface area contributed by atoms with Gasteiger partial charge in [0.15, 0.2) is 0 Å². The van der Waals surface area contributed by atoms with Crippen LogP contribution in [0, 0.1) is 0 Å². The van der Waals surface area contributed by atoms with Gasteiger partial charge in [0, 0.05) is 21.4 Å². The van der Waals surface area contributed by atoms with Crippen LogP contribution in [0.4, 0.5) is 16.4 Å². The molecule has 0 aliphatic heterocycles. The number of carbonyl (C=O) groups is 1. The Morgan fingerprint density at radius 1 is 0.704 bits per heavy atom. The minimum atomic E-state index is 0.0415. The Morgan fingerprint density at radius 2 is 1.26 bits per heavy atom. The molecule has 132 valence electrons. The van der Waals surface area contributed by atoms with Crippen molar-refractivity contribution in [1.29, 1.82) is 0 Å². The first-order valence-electron chi connectivity index (χ1n) is 8.53. The van der Waals surface area contributed by atoms with Gasteiger partial charge in [-0.3, -0.25) is 4.79 Å². The molecular weight excluding hydrogens is 418 g/mol. The second-order valence-electron chi connectivity index (χ2n) is 5.98. The van der Waals surface area contributed by atoms with E-state index in [4.69, 9.17) is 0 Å². The number of hydrogen-bond acceptors (Lipinski definition) is 3. The van der Waals surface area contributed by atoms with Gasteiger partial charge in [0.05, 0.1) is 4.88 Å². The zero-order valence-electron chi connectivity index (χ0n) is 14.4. The summed E-state index contributed by atoms with van der Waals surface area (Å²) in [6, 6.07) is 31.8. The van der Waals surface area contributed by atoms with Crippen molar-refractivity contribution in [3.8, 4) is 0 Å². The molecule has 0 aliphatic carbocycles. The van der Waals surface area contributed by atoms with E-state index in [9.17, 15) is 4.79 Å². The Balaban J connectivity index is 1.72. The molecule has 0 bridgehead atoms. The number of thiophene rings is 1. The third kappa shape index (κ3) is 3.87. The third-order valence-electron chi connectivity index (χ3n) is 4.17. The fraction of sp³-hybridized carbons (Fsp3) is 0. The van der Waals surface area contributed by atoms with E-state index in [-0.39, 0.29) is 5.78 Å². The second kappa shape index (κ2) is 7.91. The van der Waals surface area contributed by atoms with E-state index in [0.29, 0.717) is 5.56 Å². The topological polar surface area (TPSA) is 20.3 Å². The predicted octanol–water partition coefficient (Wildman–Crippen LogP) is 7.21. The zero-order chi connectivity index (χ0) is 18.6. The van der Waals surface area contributed by atoms with Gasteiger partial charge in [-0.1, -0.05) is 52.3 Å². The fourth-order valence-corrected chi connectivity index (χ4v) is 4.15. The van der Waals surface area contributed by atoms with Crippen LogP contribution < -0.4 is 4.90 Å². The zero-order valence-corrected chi connectivity index (χ0v) is 16.8. The number of halogens is 1. The molecule has 4 heteroatoms. The van der Waals surface area contributed by atoms with Crippen molar-refractivity contribution in [3.05, 3.63) is 112 Å². The highest BCUT2D eigenvalue weighted by Gasteiger charge is 2.17. The van der Waals surface area contributed by atoms with Crippen molar-refractivity contribution in [2.45, 2.75) is 0 Å². The molecule has 0 radical (unpaired) electrons. The monoisotopic (exact) mass is 433 g/mol. The molecular formula is C23H16BrNOS. The van der Waals surface area contributed by atoms with Gasteiger partial charge in [0.2, 0.25) is 5.78 Å². The molecule has 0 fully saturated rings. The number of para-hydroxylation sites is 2. The Morgan fingerprint density at radius 3 is 1.81 bits per heavy atom. The minimum absolute atomic E-state index is 0.0415. The maximum Gasteiger partial charge on any atom is 0.203 e. The van der Waals surface area contributed by atoms with Crippen molar-refractivity contribution >= 4 is 49.4 Å². The maximum absolute atomic E-state index is 12.8. The summed E-state index contributed by atoms with van der Waals surface area (Å²) in [5, 5.41) is 1.01. The number of anilines is 3. The molecule has 0 N–H and O–H groups in total. The lowest BCUT2D eigenvalue weighted by molar-refractivity contribution is 0.104. The van der Waals surface area contributed by atoms with E-state index in [0.717, 1.165) is 25.7 Å². The van der Waals surface area contributed by atoms with E-state index >= 15 is 0 Å². The number of nitrogens with zero attached hydrogens (tertiary/aromatic N) is 1. The summed E-state index contributed by atoms with van der Waals surface area (Å²) in [4.78, 5) is 15.7. The molecule has 0 amide bonds. The van der Waals surface area contributed by atoms with Crippen LogP contribution in [-0.4, -0.2) is 5.78 Å². The van der Waals surface area contributed by atoms with Gasteiger partial charge < -0.3 is 4.90 Å². The van der Waals surface area contributed by atoms with Crippen molar-refractivity contribution in [2.24, 2.45) is 0 Å². The van der Waals surface area contributed by atoms with Gasteiger partial charge in [0.1, 0.15) is 5.00 Å². The lowest BCUT2D eigenvalue weighted by Gasteiger charge is -2.23. The number of benzene rings is 3. The Labute approximate surface area is 170 Å². The molecule has 3 aromatic carbocycles. The summed E-state index contributed by atoms with van der Waals surface area (Å²) in [5.74, 6) is 0.0415. The molecule has 0 unspecified atom stereocenters. The van der Waals surface area contributed by atoms with E-state index in [1.54, 1.807) is 0 Å². The highest BCUT2D eigenvalue weighted by Crippen LogP contribution is 2.39. The summed E-state index contributed by atoms with van der Waals surface area (Å²) >= 11 is 4.91. The highest BCUT2D eigenvalue weighted by atomic mass is 79.9. The average Bonchev–Trinajstić information content (AvgIpc) is 3.19. The lowest BCUT2D eigenvalue weighted by atomic mass is 10.1. The quantitative estimate of drug-likeness (QED) is 0.309. The van der Waals surface area contributed by atoms with Crippen LogP contribution in [0.2, 0.25) is 0 Å². The predicted molar refractivity (Wildman–Crippen MR) is 117 cm³/mol. The molecule has 0 saturated heterocycles.